The summed E-state index contributed by atoms with van der Waals surface area (Å²) in [6.07, 6.45) is 0.984. The van der Waals surface area contributed by atoms with E-state index in [1.165, 1.54) is 0 Å². The average molecular weight is 265 g/mol. The second-order valence-electron chi connectivity index (χ2n) is 4.28. The molecule has 1 aromatic carbocycles. The van der Waals surface area contributed by atoms with Crippen molar-refractivity contribution in [3.05, 3.63) is 41.6 Å². The highest BCUT2D eigenvalue weighted by Crippen LogP contribution is 2.35. The van der Waals surface area contributed by atoms with Crippen LogP contribution in [-0.4, -0.2) is 20.9 Å². The Labute approximate surface area is 106 Å². The van der Waals surface area contributed by atoms with Crippen LogP contribution in [0.3, 0.4) is 0 Å². The van der Waals surface area contributed by atoms with Crippen LogP contribution in [-0.2, 0) is 17.4 Å². The maximum atomic E-state index is 10.9. The third-order valence-electron chi connectivity index (χ3n) is 2.91. The minimum atomic E-state index is -3.96. The molecule has 96 valence electrons. The van der Waals surface area contributed by atoms with Crippen molar-refractivity contribution >= 4 is 18.5 Å². The monoisotopic (exact) mass is 265 g/mol. The van der Waals surface area contributed by atoms with Crippen molar-refractivity contribution in [3.63, 3.8) is 0 Å². The molecule has 0 saturated heterocycles. The number of fused-ring (bicyclic) bond motifs is 1. The lowest BCUT2D eigenvalue weighted by Crippen LogP contribution is -2.02. The average Bonchev–Trinajstić information content (AvgIpc) is 2.34. The van der Waals surface area contributed by atoms with Crippen LogP contribution < -0.4 is 0 Å². The van der Waals surface area contributed by atoms with Crippen LogP contribution >= 0.6 is 7.60 Å². The van der Waals surface area contributed by atoms with E-state index >= 15 is 0 Å². The minimum Gasteiger partial charge on any atom is -0.324 e. The van der Waals surface area contributed by atoms with Crippen LogP contribution in [0.2, 0.25) is 0 Å². The van der Waals surface area contributed by atoms with Gasteiger partial charge in [-0.3, -0.25) is 9.55 Å². The molecule has 0 radical (unpaired) electrons. The summed E-state index contributed by atoms with van der Waals surface area (Å²) >= 11 is 0. The zero-order valence-corrected chi connectivity index (χ0v) is 11.1. The predicted molar refractivity (Wildman–Crippen MR) is 71.7 cm³/mol. The lowest BCUT2D eigenvalue weighted by molar-refractivity contribution is 0.373. The second kappa shape index (κ2) is 5.19. The third-order valence-corrected chi connectivity index (χ3v) is 3.72. The molecule has 1 heterocycles. The zero-order chi connectivity index (χ0) is 13.2. The first-order valence-corrected chi connectivity index (χ1v) is 7.71. The van der Waals surface area contributed by atoms with Crippen molar-refractivity contribution in [3.8, 4) is 0 Å². The molecule has 4 nitrogen and oxygen atoms in total. The van der Waals surface area contributed by atoms with E-state index in [4.69, 9.17) is 9.79 Å². The Hall–Kier alpha value is -1.22. The molecule has 1 aromatic heterocycles. The topological polar surface area (TPSA) is 70.4 Å². The standard InChI is InChI=1S/C13H16NO3P/c1-2-10-9-11-5-3-4-6-12(11)14-13(10)7-8-18(15,16)17/h3-6,9H,2,7-8H2,1H3,(H2,15,16,17). The van der Waals surface area contributed by atoms with Gasteiger partial charge in [0.05, 0.1) is 11.7 Å². The normalized spacial score (nSPS) is 11.9. The van der Waals surface area contributed by atoms with Crippen molar-refractivity contribution < 1.29 is 14.4 Å². The zero-order valence-electron chi connectivity index (χ0n) is 10.2. The summed E-state index contributed by atoms with van der Waals surface area (Å²) in [5.41, 5.74) is 2.72. The molecule has 2 N–H and O–H groups in total. The van der Waals surface area contributed by atoms with Gasteiger partial charge in [-0.25, -0.2) is 0 Å². The predicted octanol–water partition coefficient (Wildman–Crippen LogP) is 2.52. The van der Waals surface area contributed by atoms with Crippen molar-refractivity contribution in [1.29, 1.82) is 0 Å². The Kier molecular flexibility index (Phi) is 3.81. The summed E-state index contributed by atoms with van der Waals surface area (Å²) in [4.78, 5) is 22.4. The highest BCUT2D eigenvalue weighted by molar-refractivity contribution is 7.51. The van der Waals surface area contributed by atoms with E-state index in [2.05, 4.69) is 11.1 Å². The van der Waals surface area contributed by atoms with Crippen LogP contribution in [0.4, 0.5) is 0 Å². The van der Waals surface area contributed by atoms with Crippen LogP contribution in [0.1, 0.15) is 18.2 Å². The Bertz CT molecular complexity index is 606. The van der Waals surface area contributed by atoms with Gasteiger partial charge in [-0.2, -0.15) is 0 Å². The molecule has 2 aromatic rings. The van der Waals surface area contributed by atoms with Gasteiger partial charge in [0.25, 0.3) is 0 Å². The molecule has 0 fully saturated rings. The molecule has 2 rings (SSSR count). The van der Waals surface area contributed by atoms with E-state index in [0.717, 1.165) is 28.6 Å². The number of hydrogen-bond donors (Lipinski definition) is 2. The quantitative estimate of drug-likeness (QED) is 0.833. The van der Waals surface area contributed by atoms with Crippen LogP contribution in [0, 0.1) is 0 Å². The van der Waals surface area contributed by atoms with Crippen molar-refractivity contribution in [2.75, 3.05) is 6.16 Å². The molecule has 0 amide bonds. The van der Waals surface area contributed by atoms with Crippen molar-refractivity contribution in [1.82, 2.24) is 4.98 Å². The van der Waals surface area contributed by atoms with E-state index in [1.54, 1.807) is 0 Å². The van der Waals surface area contributed by atoms with E-state index in [9.17, 15) is 4.57 Å². The van der Waals surface area contributed by atoms with E-state index < -0.39 is 7.60 Å². The molecule has 0 aliphatic carbocycles. The lowest BCUT2D eigenvalue weighted by Gasteiger charge is -2.09. The smallest absolute Gasteiger partial charge is 0.324 e. The maximum Gasteiger partial charge on any atom is 0.325 e. The van der Waals surface area contributed by atoms with E-state index in [0.29, 0.717) is 6.42 Å². The summed E-state index contributed by atoms with van der Waals surface area (Å²) in [6, 6.07) is 9.83. The maximum absolute atomic E-state index is 10.9. The number of rotatable bonds is 4. The number of benzene rings is 1. The van der Waals surface area contributed by atoms with Gasteiger partial charge in [-0.05, 0) is 24.1 Å². The van der Waals surface area contributed by atoms with Crippen LogP contribution in [0.25, 0.3) is 10.9 Å². The first-order valence-electron chi connectivity index (χ1n) is 5.91. The van der Waals surface area contributed by atoms with Gasteiger partial charge in [0.1, 0.15) is 0 Å². The molecular formula is C13H16NO3P. The number of aryl methyl sites for hydroxylation is 2. The molecule has 0 saturated carbocycles. The van der Waals surface area contributed by atoms with Gasteiger partial charge in [0, 0.05) is 17.5 Å². The number of para-hydroxylation sites is 1. The van der Waals surface area contributed by atoms with Gasteiger partial charge >= 0.3 is 7.60 Å². The molecule has 0 spiro atoms. The van der Waals surface area contributed by atoms with Gasteiger partial charge in [-0.1, -0.05) is 25.1 Å². The fourth-order valence-electron chi connectivity index (χ4n) is 1.97. The molecule has 0 aliphatic heterocycles. The van der Waals surface area contributed by atoms with Crippen LogP contribution in [0.5, 0.6) is 0 Å². The Morgan fingerprint density at radius 1 is 1.28 bits per heavy atom. The molecule has 0 aliphatic rings. The molecule has 0 unspecified atom stereocenters. The van der Waals surface area contributed by atoms with Crippen molar-refractivity contribution in [2.45, 2.75) is 19.8 Å². The SMILES string of the molecule is CCc1cc2ccccc2nc1CCP(=O)(O)O. The third kappa shape index (κ3) is 3.16. The summed E-state index contributed by atoms with van der Waals surface area (Å²) in [5.74, 6) is 0. The van der Waals surface area contributed by atoms with Crippen molar-refractivity contribution in [2.24, 2.45) is 0 Å². The number of nitrogens with zero attached hydrogens (tertiary/aromatic N) is 1. The summed E-state index contributed by atoms with van der Waals surface area (Å²) in [5, 5.41) is 1.06. The first-order chi connectivity index (χ1) is 8.49. The molecule has 0 bridgehead atoms. The van der Waals surface area contributed by atoms with E-state index in [1.807, 2.05) is 31.2 Å². The highest BCUT2D eigenvalue weighted by Gasteiger charge is 2.15. The molecule has 18 heavy (non-hydrogen) atoms. The lowest BCUT2D eigenvalue weighted by atomic mass is 10.1. The molecule has 0 atom stereocenters. The Morgan fingerprint density at radius 2 is 2.00 bits per heavy atom. The Morgan fingerprint density at radius 3 is 2.67 bits per heavy atom. The fraction of sp³-hybridized carbons (Fsp3) is 0.308. The van der Waals surface area contributed by atoms with Gasteiger partial charge in [0.2, 0.25) is 0 Å². The number of pyridine rings is 1. The minimum absolute atomic E-state index is 0.147. The van der Waals surface area contributed by atoms with Crippen LogP contribution in [0.15, 0.2) is 30.3 Å². The molecular weight excluding hydrogens is 249 g/mol. The fourth-order valence-corrected chi connectivity index (χ4v) is 2.48. The number of hydrogen-bond acceptors (Lipinski definition) is 2. The van der Waals surface area contributed by atoms with Gasteiger partial charge in [-0.15, -0.1) is 0 Å². The second-order valence-corrected chi connectivity index (χ2v) is 6.06. The summed E-state index contributed by atoms with van der Waals surface area (Å²) < 4.78 is 10.9. The Balaban J connectivity index is 2.39. The first kappa shape index (κ1) is 13.2. The summed E-state index contributed by atoms with van der Waals surface area (Å²) in [7, 11) is -3.96. The van der Waals surface area contributed by atoms with Gasteiger partial charge < -0.3 is 9.79 Å². The van der Waals surface area contributed by atoms with E-state index in [-0.39, 0.29) is 6.16 Å². The largest absolute Gasteiger partial charge is 0.325 e. The van der Waals surface area contributed by atoms with Gasteiger partial charge in [0.15, 0.2) is 0 Å². The summed E-state index contributed by atoms with van der Waals surface area (Å²) in [6.45, 7) is 2.02. The highest BCUT2D eigenvalue weighted by atomic mass is 31.2. The molecule has 5 heteroatoms. The number of aromatic nitrogens is 1.